The number of carbonyl (C=O) groups is 2. The van der Waals surface area contributed by atoms with Gasteiger partial charge in [-0.1, -0.05) is 0 Å². The van der Waals surface area contributed by atoms with Crippen LogP contribution in [0.1, 0.15) is 0 Å². The summed E-state index contributed by atoms with van der Waals surface area (Å²) in [6, 6.07) is 0. The molecule has 92 valence electrons. The molecule has 0 atom stereocenters. The molecule has 0 rings (SSSR count). The molecule has 0 aliphatic heterocycles. The van der Waals surface area contributed by atoms with Crippen molar-refractivity contribution in [1.29, 1.82) is 0 Å². The Balaban J connectivity index is -0.0000000833. The molecule has 0 radical (unpaired) electrons. The van der Waals surface area contributed by atoms with Crippen molar-refractivity contribution in [2.24, 2.45) is 0 Å². The van der Waals surface area contributed by atoms with Crippen LogP contribution in [0.3, 0.4) is 0 Å². The van der Waals surface area contributed by atoms with E-state index in [2.05, 4.69) is 9.05 Å². The Labute approximate surface area is 114 Å². The SMILES string of the molecule is N.N.N.O=C(O)OP(=O)(O)OC(=O)O.[CaH2]. The van der Waals surface area contributed by atoms with E-state index in [1.807, 2.05) is 0 Å². The van der Waals surface area contributed by atoms with E-state index in [4.69, 9.17) is 15.1 Å². The van der Waals surface area contributed by atoms with E-state index in [0.29, 0.717) is 0 Å². The first-order valence-electron chi connectivity index (χ1n) is 2.01. The summed E-state index contributed by atoms with van der Waals surface area (Å²) in [4.78, 5) is 27.3. The third-order valence-electron chi connectivity index (χ3n) is 0.387. The molecular weight excluding hydrogens is 265 g/mol. The van der Waals surface area contributed by atoms with Gasteiger partial charge in [-0.25, -0.2) is 14.2 Å². The van der Waals surface area contributed by atoms with Crippen molar-refractivity contribution in [3.63, 3.8) is 0 Å². The van der Waals surface area contributed by atoms with Gasteiger partial charge < -0.3 is 37.7 Å². The third-order valence-corrected chi connectivity index (χ3v) is 1.16. The molecule has 0 unspecified atom stereocenters. The normalized spacial score (nSPS) is 7.53. The Hall–Kier alpha value is -0.130. The number of phosphoric ester groups is 1. The fourth-order valence-corrected chi connectivity index (χ4v) is 0.648. The molecule has 15 heavy (non-hydrogen) atoms. The number of carboxylic acid groups (broad SMARTS) is 2. The summed E-state index contributed by atoms with van der Waals surface area (Å²) >= 11 is 0. The van der Waals surface area contributed by atoms with Crippen molar-refractivity contribution in [1.82, 2.24) is 18.5 Å². The second kappa shape index (κ2) is 11.9. The van der Waals surface area contributed by atoms with Crippen molar-refractivity contribution in [2.45, 2.75) is 0 Å². The van der Waals surface area contributed by atoms with Gasteiger partial charge in [0.25, 0.3) is 0 Å². The molecule has 0 saturated heterocycles. The van der Waals surface area contributed by atoms with Crippen LogP contribution in [-0.2, 0) is 13.6 Å². The minimum absolute atomic E-state index is 0. The van der Waals surface area contributed by atoms with Crippen molar-refractivity contribution in [2.75, 3.05) is 0 Å². The molecule has 0 amide bonds. The Morgan fingerprint density at radius 2 is 1.13 bits per heavy atom. The van der Waals surface area contributed by atoms with Gasteiger partial charge in [0.15, 0.2) is 0 Å². The second-order valence-electron chi connectivity index (χ2n) is 1.18. The molecule has 0 saturated carbocycles. The topological polar surface area (TPSA) is 235 Å². The molecule has 0 bridgehead atoms. The average Bonchev–Trinajstić information content (AvgIpc) is 1.53. The zero-order valence-electron chi connectivity index (χ0n) is 6.95. The molecule has 0 spiro atoms. The van der Waals surface area contributed by atoms with Crippen LogP contribution in [0.2, 0.25) is 0 Å². The summed E-state index contributed by atoms with van der Waals surface area (Å²) in [6.45, 7) is 0. The number of rotatable bonds is 2. The molecule has 0 aromatic carbocycles. The van der Waals surface area contributed by atoms with E-state index in [0.717, 1.165) is 0 Å². The van der Waals surface area contributed by atoms with Crippen LogP contribution in [-0.4, -0.2) is 65.2 Å². The van der Waals surface area contributed by atoms with Crippen LogP contribution in [0.15, 0.2) is 0 Å². The van der Waals surface area contributed by atoms with Gasteiger partial charge in [-0.15, -0.1) is 0 Å². The summed E-state index contributed by atoms with van der Waals surface area (Å²) in [7, 11) is -5.00. The van der Waals surface area contributed by atoms with Gasteiger partial charge in [0.1, 0.15) is 0 Å². The molecule has 0 heterocycles. The van der Waals surface area contributed by atoms with Crippen molar-refractivity contribution in [3.8, 4) is 0 Å². The summed E-state index contributed by atoms with van der Waals surface area (Å²) in [5.41, 5.74) is 0. The van der Waals surface area contributed by atoms with Crippen LogP contribution in [0.4, 0.5) is 9.59 Å². The van der Waals surface area contributed by atoms with Gasteiger partial charge in [-0.3, -0.25) is 4.89 Å². The monoisotopic (exact) mass is 279 g/mol. The van der Waals surface area contributed by atoms with Gasteiger partial charge >= 0.3 is 57.9 Å². The predicted octanol–water partition coefficient (Wildman–Crippen LogP) is 0.0458. The Bertz CT molecular complexity index is 214. The van der Waals surface area contributed by atoms with Crippen molar-refractivity contribution >= 4 is 57.9 Å². The molecule has 11 nitrogen and oxygen atoms in total. The second-order valence-corrected chi connectivity index (χ2v) is 2.49. The molecule has 13 heteroatoms. The fourth-order valence-electron chi connectivity index (χ4n) is 0.216. The van der Waals surface area contributed by atoms with E-state index >= 15 is 0 Å². The summed E-state index contributed by atoms with van der Waals surface area (Å²) in [6.07, 6.45) is -4.20. The Kier molecular flexibility index (Phi) is 23.4. The van der Waals surface area contributed by atoms with E-state index in [9.17, 15) is 14.2 Å². The number of phosphoric acid groups is 1. The minimum atomic E-state index is -5.00. The molecule has 0 aliphatic rings. The maximum absolute atomic E-state index is 10.2. The fraction of sp³-hybridized carbons (Fsp3) is 0. The third kappa shape index (κ3) is 20.1. The molecule has 0 aromatic heterocycles. The zero-order chi connectivity index (χ0) is 9.07. The van der Waals surface area contributed by atoms with Crippen molar-refractivity contribution in [3.05, 3.63) is 0 Å². The first-order valence-corrected chi connectivity index (χ1v) is 3.51. The van der Waals surface area contributed by atoms with E-state index < -0.39 is 20.1 Å². The molecular formula is C2H14CaN3O8P. The average molecular weight is 279 g/mol. The quantitative estimate of drug-likeness (QED) is 0.291. The number of hydrogen-bond acceptors (Lipinski definition) is 8. The van der Waals surface area contributed by atoms with Gasteiger partial charge in [0.2, 0.25) is 0 Å². The maximum atomic E-state index is 10.2. The van der Waals surface area contributed by atoms with Gasteiger partial charge in [-0.05, 0) is 0 Å². The van der Waals surface area contributed by atoms with E-state index in [1.54, 1.807) is 0 Å². The Morgan fingerprint density at radius 1 is 0.933 bits per heavy atom. The summed E-state index contributed by atoms with van der Waals surface area (Å²) in [5, 5.41) is 15.5. The first kappa shape index (κ1) is 29.4. The molecule has 12 N–H and O–H groups in total. The van der Waals surface area contributed by atoms with Gasteiger partial charge in [0.05, 0.1) is 0 Å². The first-order chi connectivity index (χ1) is 4.83. The van der Waals surface area contributed by atoms with Crippen LogP contribution < -0.4 is 18.5 Å². The van der Waals surface area contributed by atoms with Crippen LogP contribution in [0, 0.1) is 0 Å². The molecule has 0 aromatic rings. The van der Waals surface area contributed by atoms with Crippen molar-refractivity contribution < 1.29 is 38.3 Å². The summed E-state index contributed by atoms with van der Waals surface area (Å²) in [5.74, 6) is 0. The van der Waals surface area contributed by atoms with Gasteiger partial charge in [0, 0.05) is 0 Å². The van der Waals surface area contributed by atoms with Crippen LogP contribution in [0.25, 0.3) is 0 Å². The predicted molar refractivity (Wildman–Crippen MR) is 51.7 cm³/mol. The van der Waals surface area contributed by atoms with Gasteiger partial charge in [-0.2, -0.15) is 0 Å². The standard InChI is InChI=1S/C2H3O8P.Ca.3H3N.2H/c3-1(4)9-11(7,8)10-2(5)6;;;;;;/h(H,3,4)(H,5,6)(H,7,8);;3*1H3;;. The molecule has 0 aliphatic carbocycles. The Morgan fingerprint density at radius 3 is 1.27 bits per heavy atom. The molecule has 0 fully saturated rings. The zero-order valence-corrected chi connectivity index (χ0v) is 7.85. The van der Waals surface area contributed by atoms with Crippen LogP contribution >= 0.6 is 7.82 Å². The van der Waals surface area contributed by atoms with Crippen LogP contribution in [0.5, 0.6) is 0 Å². The number of hydrogen-bond donors (Lipinski definition) is 6. The van der Waals surface area contributed by atoms with E-state index in [1.165, 1.54) is 0 Å². The van der Waals surface area contributed by atoms with E-state index in [-0.39, 0.29) is 56.2 Å². The summed E-state index contributed by atoms with van der Waals surface area (Å²) < 4.78 is 16.5.